The normalized spacial score (nSPS) is 14.3. The maximum atomic E-state index is 14.2. The van der Waals surface area contributed by atoms with E-state index in [0.29, 0.717) is 11.4 Å². The zero-order valence-electron chi connectivity index (χ0n) is 16.6. The maximum absolute atomic E-state index is 14.2. The summed E-state index contributed by atoms with van der Waals surface area (Å²) in [5, 5.41) is 5.96. The number of nitrogen functional groups attached to an aromatic ring is 1. The molecule has 7 nitrogen and oxygen atoms in total. The fourth-order valence-corrected chi connectivity index (χ4v) is 3.39. The molecule has 4 N–H and O–H groups in total. The van der Waals surface area contributed by atoms with E-state index >= 15 is 0 Å². The van der Waals surface area contributed by atoms with Crippen LogP contribution in [-0.4, -0.2) is 35.1 Å². The van der Waals surface area contributed by atoms with Crippen molar-refractivity contribution in [2.75, 3.05) is 24.1 Å². The van der Waals surface area contributed by atoms with Crippen molar-refractivity contribution in [1.82, 2.24) is 15.3 Å². The lowest BCUT2D eigenvalue weighted by Crippen LogP contribution is -2.34. The van der Waals surface area contributed by atoms with E-state index in [4.69, 9.17) is 10.5 Å². The third-order valence-corrected chi connectivity index (χ3v) is 4.97. The molecule has 0 aliphatic carbocycles. The van der Waals surface area contributed by atoms with Gasteiger partial charge in [0, 0.05) is 12.3 Å². The number of carbonyl (C=O) groups excluding carboxylic acids is 1. The quantitative estimate of drug-likeness (QED) is 0.579. The van der Waals surface area contributed by atoms with Crippen LogP contribution >= 0.6 is 0 Å². The van der Waals surface area contributed by atoms with Crippen LogP contribution in [-0.2, 0) is 0 Å². The van der Waals surface area contributed by atoms with Gasteiger partial charge in [-0.3, -0.25) is 9.78 Å². The minimum absolute atomic E-state index is 0.0230. The van der Waals surface area contributed by atoms with Crippen molar-refractivity contribution < 1.29 is 18.3 Å². The average Bonchev–Trinajstić information content (AvgIpc) is 2.77. The van der Waals surface area contributed by atoms with Crippen LogP contribution in [0.3, 0.4) is 0 Å². The van der Waals surface area contributed by atoms with E-state index in [1.807, 2.05) is 0 Å². The summed E-state index contributed by atoms with van der Waals surface area (Å²) >= 11 is 0. The van der Waals surface area contributed by atoms with Crippen molar-refractivity contribution in [3.8, 4) is 17.0 Å². The summed E-state index contributed by atoms with van der Waals surface area (Å²) in [4.78, 5) is 21.1. The van der Waals surface area contributed by atoms with Gasteiger partial charge in [0.25, 0.3) is 5.91 Å². The lowest BCUT2D eigenvalue weighted by Gasteiger charge is -2.24. The van der Waals surface area contributed by atoms with Gasteiger partial charge in [-0.1, -0.05) is 6.07 Å². The first-order valence-electron chi connectivity index (χ1n) is 9.86. The summed E-state index contributed by atoms with van der Waals surface area (Å²) in [5.41, 5.74) is 5.83. The molecule has 0 radical (unpaired) electrons. The van der Waals surface area contributed by atoms with Crippen LogP contribution < -0.4 is 21.1 Å². The number of nitrogens with one attached hydrogen (secondary N) is 2. The van der Waals surface area contributed by atoms with E-state index in [9.17, 15) is 13.6 Å². The summed E-state index contributed by atoms with van der Waals surface area (Å²) < 4.78 is 34.3. The summed E-state index contributed by atoms with van der Waals surface area (Å²) in [6, 6.07) is 7.92. The highest BCUT2D eigenvalue weighted by atomic mass is 19.1. The Kier molecular flexibility index (Phi) is 6.03. The molecule has 3 aromatic rings. The number of aromatic nitrogens is 2. The van der Waals surface area contributed by atoms with Crippen LogP contribution in [0.25, 0.3) is 11.3 Å². The Morgan fingerprint density at radius 2 is 1.87 bits per heavy atom. The molecular weight excluding hydrogens is 404 g/mol. The van der Waals surface area contributed by atoms with Crippen molar-refractivity contribution >= 4 is 17.3 Å². The Labute approximate surface area is 177 Å². The van der Waals surface area contributed by atoms with Gasteiger partial charge in [0.1, 0.15) is 29.2 Å². The van der Waals surface area contributed by atoms with Gasteiger partial charge in [-0.25, -0.2) is 13.8 Å². The second-order valence-corrected chi connectivity index (χ2v) is 7.12. The lowest BCUT2D eigenvalue weighted by molar-refractivity contribution is 0.102. The molecule has 160 valence electrons. The Bertz CT molecular complexity index is 1080. The first-order chi connectivity index (χ1) is 15.0. The van der Waals surface area contributed by atoms with E-state index < -0.39 is 17.5 Å². The number of nitrogens with zero attached hydrogens (tertiary/aromatic N) is 2. The minimum atomic E-state index is -0.784. The van der Waals surface area contributed by atoms with Crippen LogP contribution in [0.1, 0.15) is 23.3 Å². The molecule has 1 fully saturated rings. The fraction of sp³-hybridized carbons (Fsp3) is 0.227. The second kappa shape index (κ2) is 9.05. The third kappa shape index (κ3) is 4.61. The number of amides is 1. The standard InChI is InChI=1S/C22H21F2N5O2/c23-14-2-1-3-15(24)20(14)17-5-4-16(25)21(28-17)22(30)29-18-12-27-11-8-19(18)31-13-6-9-26-10-7-13/h1-5,8,11-13,26H,6-7,9-10,25H2,(H,29,30). The zero-order valence-corrected chi connectivity index (χ0v) is 16.6. The number of anilines is 2. The summed E-state index contributed by atoms with van der Waals surface area (Å²) in [5.74, 6) is -1.73. The molecule has 3 heterocycles. The SMILES string of the molecule is Nc1ccc(-c2c(F)cccc2F)nc1C(=O)Nc1cnccc1OC1CCNCC1. The first-order valence-corrected chi connectivity index (χ1v) is 9.86. The van der Waals surface area contributed by atoms with Gasteiger partial charge >= 0.3 is 0 Å². The number of benzene rings is 1. The molecular formula is C22H21F2N5O2. The molecule has 9 heteroatoms. The average molecular weight is 425 g/mol. The molecule has 0 unspecified atom stereocenters. The Hall–Kier alpha value is -3.59. The number of pyridine rings is 2. The monoisotopic (exact) mass is 425 g/mol. The van der Waals surface area contributed by atoms with E-state index in [-0.39, 0.29) is 28.7 Å². The largest absolute Gasteiger partial charge is 0.488 e. The van der Waals surface area contributed by atoms with Crippen molar-refractivity contribution in [3.63, 3.8) is 0 Å². The molecule has 0 bridgehead atoms. The molecule has 4 rings (SSSR count). The molecule has 0 saturated carbocycles. The highest BCUT2D eigenvalue weighted by Crippen LogP contribution is 2.28. The number of halogens is 2. The lowest BCUT2D eigenvalue weighted by atomic mass is 10.1. The van der Waals surface area contributed by atoms with E-state index in [1.54, 1.807) is 12.3 Å². The number of rotatable bonds is 5. The van der Waals surface area contributed by atoms with E-state index in [0.717, 1.165) is 38.1 Å². The predicted octanol–water partition coefficient (Wildman–Crippen LogP) is 3.39. The molecule has 1 aliphatic heterocycles. The molecule has 1 aromatic carbocycles. The van der Waals surface area contributed by atoms with E-state index in [2.05, 4.69) is 20.6 Å². The number of hydrogen-bond acceptors (Lipinski definition) is 6. The summed E-state index contributed by atoms with van der Waals surface area (Å²) in [7, 11) is 0. The molecule has 0 atom stereocenters. The van der Waals surface area contributed by atoms with Crippen molar-refractivity contribution in [2.45, 2.75) is 18.9 Å². The van der Waals surface area contributed by atoms with Gasteiger partial charge in [0.2, 0.25) is 0 Å². The molecule has 1 aliphatic rings. The van der Waals surface area contributed by atoms with Crippen molar-refractivity contribution in [1.29, 1.82) is 0 Å². The van der Waals surface area contributed by atoms with Crippen LogP contribution in [0, 0.1) is 11.6 Å². The van der Waals surface area contributed by atoms with Crippen LogP contribution in [0.5, 0.6) is 5.75 Å². The number of nitrogens with two attached hydrogens (primary N) is 1. The summed E-state index contributed by atoms with van der Waals surface area (Å²) in [6.07, 6.45) is 4.75. The van der Waals surface area contributed by atoms with E-state index in [1.165, 1.54) is 24.4 Å². The second-order valence-electron chi connectivity index (χ2n) is 7.12. The van der Waals surface area contributed by atoms with Gasteiger partial charge in [-0.15, -0.1) is 0 Å². The van der Waals surface area contributed by atoms with Gasteiger partial charge in [-0.2, -0.15) is 0 Å². The van der Waals surface area contributed by atoms with Crippen molar-refractivity contribution in [3.05, 3.63) is 66.1 Å². The maximum Gasteiger partial charge on any atom is 0.276 e. The molecule has 1 saturated heterocycles. The smallest absolute Gasteiger partial charge is 0.276 e. The topological polar surface area (TPSA) is 102 Å². The predicted molar refractivity (Wildman–Crippen MR) is 113 cm³/mol. The number of piperidine rings is 1. The van der Waals surface area contributed by atoms with Crippen molar-refractivity contribution in [2.24, 2.45) is 0 Å². The third-order valence-electron chi connectivity index (χ3n) is 4.97. The van der Waals surface area contributed by atoms with Crippen LogP contribution in [0.15, 0.2) is 48.8 Å². The highest BCUT2D eigenvalue weighted by Gasteiger charge is 2.20. The van der Waals surface area contributed by atoms with Gasteiger partial charge in [0.15, 0.2) is 5.69 Å². The van der Waals surface area contributed by atoms with Crippen LogP contribution in [0.2, 0.25) is 0 Å². The number of carbonyl (C=O) groups is 1. The number of ether oxygens (including phenoxy) is 1. The van der Waals surface area contributed by atoms with Crippen LogP contribution in [0.4, 0.5) is 20.2 Å². The fourth-order valence-electron chi connectivity index (χ4n) is 3.39. The van der Waals surface area contributed by atoms with Gasteiger partial charge in [0.05, 0.1) is 23.1 Å². The summed E-state index contributed by atoms with van der Waals surface area (Å²) in [6.45, 7) is 1.72. The molecule has 1 amide bonds. The highest BCUT2D eigenvalue weighted by molar-refractivity contribution is 6.07. The van der Waals surface area contributed by atoms with Gasteiger partial charge < -0.3 is 21.1 Å². The molecule has 31 heavy (non-hydrogen) atoms. The Morgan fingerprint density at radius 3 is 2.61 bits per heavy atom. The first kappa shape index (κ1) is 20.7. The molecule has 0 spiro atoms. The molecule has 2 aromatic heterocycles. The van der Waals surface area contributed by atoms with Gasteiger partial charge in [-0.05, 0) is 50.2 Å². The number of hydrogen-bond donors (Lipinski definition) is 3. The Morgan fingerprint density at radius 1 is 1.13 bits per heavy atom. The Balaban J connectivity index is 1.60. The minimum Gasteiger partial charge on any atom is -0.488 e. The zero-order chi connectivity index (χ0) is 21.8.